The quantitative estimate of drug-likeness (QED) is 0.806. The number of benzene rings is 1. The summed E-state index contributed by atoms with van der Waals surface area (Å²) in [5, 5.41) is 3.56. The first-order chi connectivity index (χ1) is 9.34. The van der Waals surface area contributed by atoms with Gasteiger partial charge in [-0.25, -0.2) is 0 Å². The number of esters is 1. The molecule has 0 aliphatic heterocycles. The van der Waals surface area contributed by atoms with Crippen LogP contribution in [0.25, 0.3) is 0 Å². The maximum absolute atomic E-state index is 11.8. The molecule has 112 valence electrons. The van der Waals surface area contributed by atoms with E-state index in [2.05, 4.69) is 45.1 Å². The maximum atomic E-state index is 11.8. The van der Waals surface area contributed by atoms with Crippen molar-refractivity contribution in [3.63, 3.8) is 0 Å². The highest BCUT2D eigenvalue weighted by Crippen LogP contribution is 2.25. The molecule has 0 heterocycles. The van der Waals surface area contributed by atoms with Gasteiger partial charge >= 0.3 is 5.97 Å². The molecule has 0 aliphatic carbocycles. The van der Waals surface area contributed by atoms with Gasteiger partial charge in [0.25, 0.3) is 0 Å². The highest BCUT2D eigenvalue weighted by Gasteiger charge is 2.28. The molecule has 0 aromatic heterocycles. The molecule has 0 unspecified atom stereocenters. The van der Waals surface area contributed by atoms with Gasteiger partial charge in [0.1, 0.15) is 0 Å². The minimum Gasteiger partial charge on any atom is -0.466 e. The van der Waals surface area contributed by atoms with Crippen LogP contribution in [-0.2, 0) is 9.53 Å². The Bertz CT molecular complexity index is 409. The summed E-state index contributed by atoms with van der Waals surface area (Å²) in [7, 11) is 0. The summed E-state index contributed by atoms with van der Waals surface area (Å²) in [6, 6.07) is 10.6. The maximum Gasteiger partial charge on any atom is 0.307 e. The number of nitrogens with one attached hydrogen (secondary N) is 1. The molecule has 2 atom stereocenters. The Morgan fingerprint density at radius 1 is 1.25 bits per heavy atom. The van der Waals surface area contributed by atoms with Crippen LogP contribution in [0.4, 0.5) is 0 Å². The monoisotopic (exact) mass is 277 g/mol. The first-order valence-electron chi connectivity index (χ1n) is 7.31. The zero-order valence-electron chi connectivity index (χ0n) is 13.3. The summed E-state index contributed by atoms with van der Waals surface area (Å²) >= 11 is 0. The fourth-order valence-electron chi connectivity index (χ4n) is 2.14. The first kappa shape index (κ1) is 16.7. The molecule has 0 saturated heterocycles. The Morgan fingerprint density at radius 2 is 1.85 bits per heavy atom. The molecular weight excluding hydrogens is 250 g/mol. The highest BCUT2D eigenvalue weighted by atomic mass is 16.5. The van der Waals surface area contributed by atoms with Crippen molar-refractivity contribution in [2.24, 2.45) is 5.41 Å². The van der Waals surface area contributed by atoms with Crippen LogP contribution in [0.15, 0.2) is 30.3 Å². The average Bonchev–Trinajstić information content (AvgIpc) is 2.38. The molecule has 1 rings (SSSR count). The minimum absolute atomic E-state index is 0.00416. The predicted molar refractivity (Wildman–Crippen MR) is 82.5 cm³/mol. The van der Waals surface area contributed by atoms with Gasteiger partial charge in [-0.1, -0.05) is 51.1 Å². The summed E-state index contributed by atoms with van der Waals surface area (Å²) in [6.07, 6.45) is 0.397. The zero-order valence-corrected chi connectivity index (χ0v) is 13.3. The van der Waals surface area contributed by atoms with Gasteiger partial charge in [-0.15, -0.1) is 0 Å². The number of hydrogen-bond donors (Lipinski definition) is 1. The molecule has 20 heavy (non-hydrogen) atoms. The average molecular weight is 277 g/mol. The molecule has 1 aromatic rings. The Kier molecular flexibility index (Phi) is 6.21. The van der Waals surface area contributed by atoms with E-state index in [4.69, 9.17) is 4.74 Å². The van der Waals surface area contributed by atoms with Crippen LogP contribution in [0.3, 0.4) is 0 Å². The third-order valence-corrected chi connectivity index (χ3v) is 3.47. The zero-order chi connectivity index (χ0) is 15.2. The molecule has 0 radical (unpaired) electrons. The topological polar surface area (TPSA) is 38.3 Å². The molecule has 0 amide bonds. The van der Waals surface area contributed by atoms with Gasteiger partial charge < -0.3 is 10.1 Å². The summed E-state index contributed by atoms with van der Waals surface area (Å²) < 4.78 is 5.08. The Hall–Kier alpha value is -1.35. The molecule has 0 spiro atoms. The standard InChI is InChI=1S/C17H27NO2/c1-6-20-16(19)12-15(17(3,4)5)18-13(2)14-10-8-7-9-11-14/h7-11,13,15,18H,6,12H2,1-5H3/t13-,15-/m1/s1. The van der Waals surface area contributed by atoms with E-state index in [0.717, 1.165) is 0 Å². The molecule has 3 heteroatoms. The van der Waals surface area contributed by atoms with E-state index in [1.807, 2.05) is 25.1 Å². The highest BCUT2D eigenvalue weighted by molar-refractivity contribution is 5.70. The van der Waals surface area contributed by atoms with Gasteiger partial charge in [-0.05, 0) is 24.8 Å². The molecule has 0 saturated carbocycles. The Balaban J connectivity index is 2.73. The Morgan fingerprint density at radius 3 is 2.35 bits per heavy atom. The van der Waals surface area contributed by atoms with E-state index < -0.39 is 0 Å². The van der Waals surface area contributed by atoms with Crippen LogP contribution in [0, 0.1) is 5.41 Å². The summed E-state index contributed by atoms with van der Waals surface area (Å²) in [5.41, 5.74) is 1.22. The molecule has 1 N–H and O–H groups in total. The molecule has 0 aliphatic rings. The van der Waals surface area contributed by atoms with E-state index in [-0.39, 0.29) is 23.5 Å². The van der Waals surface area contributed by atoms with E-state index in [1.54, 1.807) is 0 Å². The van der Waals surface area contributed by atoms with Crippen molar-refractivity contribution in [1.82, 2.24) is 5.32 Å². The summed E-state index contributed by atoms with van der Waals surface area (Å²) in [4.78, 5) is 11.8. The van der Waals surface area contributed by atoms with Crippen LogP contribution in [0.5, 0.6) is 0 Å². The second-order valence-corrected chi connectivity index (χ2v) is 6.23. The lowest BCUT2D eigenvalue weighted by Crippen LogP contribution is -2.43. The molecule has 0 bridgehead atoms. The number of hydrogen-bond acceptors (Lipinski definition) is 3. The van der Waals surface area contributed by atoms with Crippen molar-refractivity contribution in [3.05, 3.63) is 35.9 Å². The van der Waals surface area contributed by atoms with Crippen molar-refractivity contribution >= 4 is 5.97 Å². The lowest BCUT2D eigenvalue weighted by molar-refractivity contribution is -0.144. The lowest BCUT2D eigenvalue weighted by Gasteiger charge is -2.33. The van der Waals surface area contributed by atoms with E-state index in [9.17, 15) is 4.79 Å². The van der Waals surface area contributed by atoms with E-state index in [1.165, 1.54) is 5.56 Å². The number of carbonyl (C=O) groups is 1. The van der Waals surface area contributed by atoms with Crippen LogP contribution < -0.4 is 5.32 Å². The SMILES string of the molecule is CCOC(=O)C[C@@H](N[C@H](C)c1ccccc1)C(C)(C)C. The third kappa shape index (κ3) is 5.33. The van der Waals surface area contributed by atoms with E-state index >= 15 is 0 Å². The van der Waals surface area contributed by atoms with Gasteiger partial charge in [0.05, 0.1) is 13.0 Å². The first-order valence-corrected chi connectivity index (χ1v) is 7.31. The molecule has 1 aromatic carbocycles. The minimum atomic E-state index is -0.139. The third-order valence-electron chi connectivity index (χ3n) is 3.47. The van der Waals surface area contributed by atoms with Crippen molar-refractivity contribution in [1.29, 1.82) is 0 Å². The van der Waals surface area contributed by atoms with Crippen molar-refractivity contribution in [3.8, 4) is 0 Å². The van der Waals surface area contributed by atoms with Crippen LogP contribution in [-0.4, -0.2) is 18.6 Å². The lowest BCUT2D eigenvalue weighted by atomic mass is 9.84. The van der Waals surface area contributed by atoms with Gasteiger partial charge in [0, 0.05) is 12.1 Å². The Labute approximate surface area is 122 Å². The second kappa shape index (κ2) is 7.44. The largest absolute Gasteiger partial charge is 0.466 e. The van der Waals surface area contributed by atoms with Gasteiger partial charge in [0.15, 0.2) is 0 Å². The normalized spacial score (nSPS) is 14.7. The fraction of sp³-hybridized carbons (Fsp3) is 0.588. The van der Waals surface area contributed by atoms with Gasteiger partial charge in [-0.3, -0.25) is 4.79 Å². The van der Waals surface area contributed by atoms with Crippen molar-refractivity contribution in [2.75, 3.05) is 6.61 Å². The van der Waals surface area contributed by atoms with Gasteiger partial charge in [0.2, 0.25) is 0 Å². The molecule has 0 fully saturated rings. The second-order valence-electron chi connectivity index (χ2n) is 6.23. The molecular formula is C17H27NO2. The van der Waals surface area contributed by atoms with Crippen LogP contribution in [0.2, 0.25) is 0 Å². The van der Waals surface area contributed by atoms with Crippen LogP contribution >= 0.6 is 0 Å². The van der Waals surface area contributed by atoms with Gasteiger partial charge in [-0.2, -0.15) is 0 Å². The molecule has 3 nitrogen and oxygen atoms in total. The fourth-order valence-corrected chi connectivity index (χ4v) is 2.14. The smallest absolute Gasteiger partial charge is 0.307 e. The van der Waals surface area contributed by atoms with E-state index in [0.29, 0.717) is 13.0 Å². The number of ether oxygens (including phenoxy) is 1. The number of carbonyl (C=O) groups excluding carboxylic acids is 1. The van der Waals surface area contributed by atoms with Crippen molar-refractivity contribution < 1.29 is 9.53 Å². The van der Waals surface area contributed by atoms with Crippen LogP contribution in [0.1, 0.15) is 52.6 Å². The number of rotatable bonds is 6. The predicted octanol–water partition coefficient (Wildman–Crippen LogP) is 3.71. The summed E-state index contributed by atoms with van der Waals surface area (Å²) in [6.45, 7) is 10.8. The van der Waals surface area contributed by atoms with Crippen molar-refractivity contribution in [2.45, 2.75) is 53.1 Å². The summed E-state index contributed by atoms with van der Waals surface area (Å²) in [5.74, 6) is -0.139.